The lowest BCUT2D eigenvalue weighted by atomic mass is 9.95. The van der Waals surface area contributed by atoms with E-state index in [1.807, 2.05) is 24.0 Å². The van der Waals surface area contributed by atoms with Crippen LogP contribution in [0.25, 0.3) is 0 Å². The molecule has 1 saturated heterocycles. The fraction of sp³-hybridized carbons (Fsp3) is 0.467. The molecule has 3 nitrogen and oxygen atoms in total. The van der Waals surface area contributed by atoms with Crippen molar-refractivity contribution in [3.05, 3.63) is 34.3 Å². The van der Waals surface area contributed by atoms with Crippen LogP contribution in [0.4, 0.5) is 0 Å². The molecule has 1 spiro atoms. The Balaban J connectivity index is 1.91. The lowest BCUT2D eigenvalue weighted by molar-refractivity contribution is -0.131. The number of amides is 1. The Bertz CT molecular complexity index is 555. The van der Waals surface area contributed by atoms with Gasteiger partial charge >= 0.3 is 0 Å². The number of rotatable bonds is 2. The van der Waals surface area contributed by atoms with Crippen molar-refractivity contribution in [2.45, 2.75) is 31.7 Å². The molecule has 1 fully saturated rings. The zero-order valence-electron chi connectivity index (χ0n) is 11.0. The SMILES string of the molecule is CCN1CC[C@@]2(CCC(c3cccc(Br)c3)=N2)C1=O. The average Bonchev–Trinajstić information content (AvgIpc) is 2.97. The molecule has 0 bridgehead atoms. The van der Waals surface area contributed by atoms with E-state index in [0.717, 1.165) is 48.1 Å². The van der Waals surface area contributed by atoms with E-state index >= 15 is 0 Å². The zero-order valence-corrected chi connectivity index (χ0v) is 12.6. The molecule has 2 heterocycles. The number of likely N-dealkylation sites (N-methyl/N-ethyl adjacent to an activating group) is 1. The molecule has 0 N–H and O–H groups in total. The standard InChI is InChI=1S/C15H17BrN2O/c1-2-18-9-8-15(14(18)19)7-6-13(17-15)11-4-3-5-12(16)10-11/h3-5,10H,2,6-9H2,1H3/t15-/m0/s1. The van der Waals surface area contributed by atoms with Crippen LogP contribution in [0.15, 0.2) is 33.7 Å². The number of carbonyl (C=O) groups is 1. The minimum absolute atomic E-state index is 0.222. The van der Waals surface area contributed by atoms with Crippen molar-refractivity contribution in [2.24, 2.45) is 4.99 Å². The molecule has 3 rings (SSSR count). The van der Waals surface area contributed by atoms with Crippen LogP contribution in [0.1, 0.15) is 31.7 Å². The summed E-state index contributed by atoms with van der Waals surface area (Å²) in [5.74, 6) is 0.222. The minimum Gasteiger partial charge on any atom is -0.341 e. The van der Waals surface area contributed by atoms with Gasteiger partial charge in [0.1, 0.15) is 5.54 Å². The first-order valence-electron chi connectivity index (χ1n) is 6.79. The number of likely N-dealkylation sites (tertiary alicyclic amines) is 1. The van der Waals surface area contributed by atoms with Gasteiger partial charge in [-0.1, -0.05) is 28.1 Å². The Labute approximate surface area is 121 Å². The van der Waals surface area contributed by atoms with Crippen molar-refractivity contribution < 1.29 is 4.79 Å². The van der Waals surface area contributed by atoms with E-state index in [1.54, 1.807) is 0 Å². The van der Waals surface area contributed by atoms with Gasteiger partial charge < -0.3 is 4.90 Å². The predicted molar refractivity (Wildman–Crippen MR) is 79.5 cm³/mol. The predicted octanol–water partition coefficient (Wildman–Crippen LogP) is 3.02. The summed E-state index contributed by atoms with van der Waals surface area (Å²) in [4.78, 5) is 19.2. The highest BCUT2D eigenvalue weighted by molar-refractivity contribution is 9.10. The van der Waals surface area contributed by atoms with Gasteiger partial charge in [-0.3, -0.25) is 9.79 Å². The molecule has 0 radical (unpaired) electrons. The van der Waals surface area contributed by atoms with Crippen LogP contribution in [0.5, 0.6) is 0 Å². The van der Waals surface area contributed by atoms with Crippen molar-refractivity contribution in [3.63, 3.8) is 0 Å². The summed E-state index contributed by atoms with van der Waals surface area (Å²) in [6, 6.07) is 8.17. The number of halogens is 1. The largest absolute Gasteiger partial charge is 0.341 e. The zero-order chi connectivity index (χ0) is 13.5. The quantitative estimate of drug-likeness (QED) is 0.824. The maximum atomic E-state index is 12.4. The average molecular weight is 321 g/mol. The molecule has 1 aromatic rings. The molecule has 2 aliphatic heterocycles. The van der Waals surface area contributed by atoms with Crippen LogP contribution >= 0.6 is 15.9 Å². The topological polar surface area (TPSA) is 32.7 Å². The highest BCUT2D eigenvalue weighted by Crippen LogP contribution is 2.37. The van der Waals surface area contributed by atoms with Crippen molar-refractivity contribution in [1.29, 1.82) is 0 Å². The van der Waals surface area contributed by atoms with Gasteiger partial charge in [-0.2, -0.15) is 0 Å². The van der Waals surface area contributed by atoms with E-state index < -0.39 is 5.54 Å². The molecule has 2 aliphatic rings. The Hall–Kier alpha value is -1.16. The minimum atomic E-state index is -0.451. The Kier molecular flexibility index (Phi) is 3.21. The summed E-state index contributed by atoms with van der Waals surface area (Å²) in [5.41, 5.74) is 1.76. The molecule has 1 atom stereocenters. The van der Waals surface area contributed by atoms with E-state index in [4.69, 9.17) is 4.99 Å². The van der Waals surface area contributed by atoms with Crippen molar-refractivity contribution >= 4 is 27.5 Å². The molecule has 0 aliphatic carbocycles. The molecule has 19 heavy (non-hydrogen) atoms. The van der Waals surface area contributed by atoms with E-state index in [2.05, 4.69) is 28.1 Å². The molecule has 0 saturated carbocycles. The third kappa shape index (κ3) is 2.12. The van der Waals surface area contributed by atoms with Crippen LogP contribution in [-0.4, -0.2) is 35.1 Å². The normalized spacial score (nSPS) is 26.3. The van der Waals surface area contributed by atoms with Gasteiger partial charge in [0.25, 0.3) is 5.91 Å². The second-order valence-corrected chi connectivity index (χ2v) is 6.15. The first-order chi connectivity index (χ1) is 9.14. The maximum Gasteiger partial charge on any atom is 0.250 e. The highest BCUT2D eigenvalue weighted by Gasteiger charge is 2.48. The third-order valence-electron chi connectivity index (χ3n) is 4.14. The number of carbonyl (C=O) groups excluding carboxylic acids is 1. The molecular formula is C15H17BrN2O. The number of benzene rings is 1. The molecule has 1 amide bonds. The van der Waals surface area contributed by atoms with E-state index in [0.29, 0.717) is 0 Å². The molecule has 4 heteroatoms. The molecule has 1 aromatic carbocycles. The first-order valence-corrected chi connectivity index (χ1v) is 7.58. The molecule has 0 unspecified atom stereocenters. The number of aliphatic imine (C=N–C) groups is 1. The first kappa shape index (κ1) is 12.9. The summed E-state index contributed by atoms with van der Waals surface area (Å²) < 4.78 is 1.06. The van der Waals surface area contributed by atoms with Crippen molar-refractivity contribution in [2.75, 3.05) is 13.1 Å². The summed E-state index contributed by atoms with van der Waals surface area (Å²) in [6.07, 6.45) is 2.64. The van der Waals surface area contributed by atoms with Crippen molar-refractivity contribution in [1.82, 2.24) is 4.90 Å². The fourth-order valence-corrected chi connectivity index (χ4v) is 3.43. The molecular weight excluding hydrogens is 304 g/mol. The van der Waals surface area contributed by atoms with Crippen LogP contribution in [0.2, 0.25) is 0 Å². The fourth-order valence-electron chi connectivity index (χ4n) is 3.03. The van der Waals surface area contributed by atoms with E-state index in [9.17, 15) is 4.79 Å². The van der Waals surface area contributed by atoms with Crippen LogP contribution < -0.4 is 0 Å². The van der Waals surface area contributed by atoms with Crippen LogP contribution in [0.3, 0.4) is 0 Å². The van der Waals surface area contributed by atoms with E-state index in [-0.39, 0.29) is 5.91 Å². The summed E-state index contributed by atoms with van der Waals surface area (Å²) in [7, 11) is 0. The van der Waals surface area contributed by atoms with Crippen molar-refractivity contribution in [3.8, 4) is 0 Å². The maximum absolute atomic E-state index is 12.4. The summed E-state index contributed by atoms with van der Waals surface area (Å²) in [6.45, 7) is 3.68. The smallest absolute Gasteiger partial charge is 0.250 e. The van der Waals surface area contributed by atoms with Gasteiger partial charge in [-0.05, 0) is 43.9 Å². The van der Waals surface area contributed by atoms with Crippen LogP contribution in [0, 0.1) is 0 Å². The Morgan fingerprint density at radius 1 is 1.42 bits per heavy atom. The summed E-state index contributed by atoms with van der Waals surface area (Å²) in [5, 5.41) is 0. The molecule has 0 aromatic heterocycles. The number of hydrogen-bond donors (Lipinski definition) is 0. The van der Waals surface area contributed by atoms with Crippen LogP contribution in [-0.2, 0) is 4.79 Å². The van der Waals surface area contributed by atoms with Gasteiger partial charge in [-0.25, -0.2) is 0 Å². The Morgan fingerprint density at radius 2 is 2.26 bits per heavy atom. The highest BCUT2D eigenvalue weighted by atomic mass is 79.9. The number of nitrogens with zero attached hydrogens (tertiary/aromatic N) is 2. The van der Waals surface area contributed by atoms with Gasteiger partial charge in [0.05, 0.1) is 0 Å². The second-order valence-electron chi connectivity index (χ2n) is 5.24. The lowest BCUT2D eigenvalue weighted by Gasteiger charge is -2.18. The Morgan fingerprint density at radius 3 is 2.95 bits per heavy atom. The number of hydrogen-bond acceptors (Lipinski definition) is 2. The molecule has 100 valence electrons. The van der Waals surface area contributed by atoms with Gasteiger partial charge in [0, 0.05) is 23.3 Å². The lowest BCUT2D eigenvalue weighted by Crippen LogP contribution is -2.36. The van der Waals surface area contributed by atoms with Gasteiger partial charge in [-0.15, -0.1) is 0 Å². The van der Waals surface area contributed by atoms with Gasteiger partial charge in [0.15, 0.2) is 0 Å². The second kappa shape index (κ2) is 4.75. The van der Waals surface area contributed by atoms with Gasteiger partial charge in [0.2, 0.25) is 0 Å². The summed E-state index contributed by atoms with van der Waals surface area (Å²) >= 11 is 3.49. The van der Waals surface area contributed by atoms with E-state index in [1.165, 1.54) is 0 Å². The monoisotopic (exact) mass is 320 g/mol. The third-order valence-corrected chi connectivity index (χ3v) is 4.64.